The molecule has 1 atom stereocenters. The van der Waals surface area contributed by atoms with Crippen molar-refractivity contribution in [3.63, 3.8) is 0 Å². The van der Waals surface area contributed by atoms with Gasteiger partial charge in [-0.3, -0.25) is 0 Å². The molecular weight excluding hydrogens is 542 g/mol. The quantitative estimate of drug-likeness (QED) is 0.293. The van der Waals surface area contributed by atoms with Crippen LogP contribution in [-0.4, -0.2) is 5.71 Å². The lowest BCUT2D eigenvalue weighted by atomic mass is 9.98. The fourth-order valence-corrected chi connectivity index (χ4v) is 3.47. The number of rotatable bonds is 2. The smallest absolute Gasteiger partial charge is 0.304 e. The van der Waals surface area contributed by atoms with Crippen molar-refractivity contribution in [2.45, 2.75) is 12.3 Å². The third kappa shape index (κ3) is 3.49. The van der Waals surface area contributed by atoms with E-state index >= 15 is 4.39 Å². The summed E-state index contributed by atoms with van der Waals surface area (Å²) in [5.74, 6) is -2.12. The van der Waals surface area contributed by atoms with Crippen molar-refractivity contribution in [1.29, 1.82) is 0 Å². The van der Waals surface area contributed by atoms with Gasteiger partial charge in [0.25, 0.3) is 0 Å². The average molecular weight is 549 g/mol. The molecule has 1 unspecified atom stereocenters. The number of hydrogen-bond donors (Lipinski definition) is 0. The van der Waals surface area contributed by atoms with Crippen LogP contribution in [0.1, 0.15) is 17.5 Å². The van der Waals surface area contributed by atoms with Crippen molar-refractivity contribution in [2.75, 3.05) is 0 Å². The highest BCUT2D eigenvalue weighted by molar-refractivity contribution is 14.1. The number of hydrogen-bond acceptors (Lipinski definition) is 2. The molecule has 0 fully saturated rings. The molecule has 0 spiro atoms. The molecule has 8 heteroatoms. The van der Waals surface area contributed by atoms with Gasteiger partial charge < -0.3 is 4.84 Å². The fourth-order valence-electron chi connectivity index (χ4n) is 2.16. The molecule has 1 aliphatic heterocycles. The number of oxime groups is 1. The predicted molar refractivity (Wildman–Crippen MR) is 103 cm³/mol. The van der Waals surface area contributed by atoms with Gasteiger partial charge in [0.05, 0.1) is 27.2 Å². The Bertz CT molecular complexity index is 809. The van der Waals surface area contributed by atoms with Gasteiger partial charge in [-0.2, -0.15) is 4.39 Å². The van der Waals surface area contributed by atoms with E-state index in [4.69, 9.17) is 39.6 Å². The average Bonchev–Trinajstić information content (AvgIpc) is 2.91. The molecule has 0 bridgehead atoms. The summed E-state index contributed by atoms with van der Waals surface area (Å²) in [6, 6.07) is 8.45. The van der Waals surface area contributed by atoms with Gasteiger partial charge in [0, 0.05) is 19.2 Å². The predicted octanol–water partition coefficient (Wildman–Crippen LogP) is 6.96. The van der Waals surface area contributed by atoms with Gasteiger partial charge in [0.15, 0.2) is 0 Å². The first-order valence-electron chi connectivity index (χ1n) is 6.34. The summed E-state index contributed by atoms with van der Waals surface area (Å²) in [5.41, 5.74) is 1.47. The van der Waals surface area contributed by atoms with Crippen LogP contribution in [0.3, 0.4) is 0 Å². The van der Waals surface area contributed by atoms with Crippen LogP contribution in [0.4, 0.5) is 4.39 Å². The van der Waals surface area contributed by atoms with E-state index in [1.165, 1.54) is 12.1 Å². The highest BCUT2D eigenvalue weighted by Crippen LogP contribution is 2.42. The van der Waals surface area contributed by atoms with E-state index in [1.807, 2.05) is 18.2 Å². The van der Waals surface area contributed by atoms with E-state index in [9.17, 15) is 0 Å². The Labute approximate surface area is 169 Å². The molecule has 1 aliphatic rings. The van der Waals surface area contributed by atoms with Gasteiger partial charge in [-0.25, -0.2) is 0 Å². The molecule has 0 saturated carbocycles. The Hall–Kier alpha value is -0.0800. The van der Waals surface area contributed by atoms with Gasteiger partial charge in [-0.15, -0.1) is 0 Å². The molecule has 0 amide bonds. The normalized spacial score (nSPS) is 20.3. The third-order valence-corrected chi connectivity index (χ3v) is 6.90. The summed E-state index contributed by atoms with van der Waals surface area (Å²) in [5, 5.41) is 4.40. The van der Waals surface area contributed by atoms with E-state index < -0.39 is 5.85 Å². The van der Waals surface area contributed by atoms with Crippen molar-refractivity contribution in [3.8, 4) is 0 Å². The van der Waals surface area contributed by atoms with E-state index in [0.29, 0.717) is 5.71 Å². The van der Waals surface area contributed by atoms with Crippen LogP contribution in [0.2, 0.25) is 15.1 Å². The van der Waals surface area contributed by atoms with Crippen LogP contribution in [0, 0.1) is 3.57 Å². The van der Waals surface area contributed by atoms with Gasteiger partial charge in [0.1, 0.15) is 0 Å². The molecule has 0 N–H and O–H groups in total. The molecule has 2 aromatic carbocycles. The minimum atomic E-state index is -2.12. The maximum absolute atomic E-state index is 15.1. The molecule has 23 heavy (non-hydrogen) atoms. The Morgan fingerprint density at radius 1 is 1.17 bits per heavy atom. The van der Waals surface area contributed by atoms with Crippen molar-refractivity contribution < 1.29 is 9.23 Å². The molecule has 0 aromatic heterocycles. The maximum atomic E-state index is 15.1. The molecule has 0 aliphatic carbocycles. The van der Waals surface area contributed by atoms with Crippen molar-refractivity contribution in [1.82, 2.24) is 0 Å². The maximum Gasteiger partial charge on any atom is 0.304 e. The number of alkyl halides is 1. The first-order valence-corrected chi connectivity index (χ1v) is 9.35. The van der Waals surface area contributed by atoms with Crippen LogP contribution >= 0.6 is 73.3 Å². The molecule has 2 aromatic rings. The first kappa shape index (κ1) is 17.7. The molecular formula is C15H7BrCl3FINO. The molecule has 3 rings (SSSR count). The Balaban J connectivity index is 1.91. The lowest BCUT2D eigenvalue weighted by Gasteiger charge is -2.18. The van der Waals surface area contributed by atoms with Crippen LogP contribution in [-0.2, 0) is 10.7 Å². The Kier molecular flexibility index (Phi) is 5.14. The first-order chi connectivity index (χ1) is 10.8. The standard InChI is InChI=1S/C15H7BrCl3FINO/c16-9-3-7(1-2-12(9)21)13-6-15(20,23-22-13)8-4-10(17)14(19)11(18)5-8/h1-5H,6H2. The molecule has 120 valence electrons. The van der Waals surface area contributed by atoms with Crippen LogP contribution in [0.25, 0.3) is 0 Å². The Morgan fingerprint density at radius 3 is 2.43 bits per heavy atom. The SMILES string of the molecule is FC1(c2cc(Cl)c(Cl)c(Cl)c2)CC(c2ccc(I)c(Br)c2)=NO1. The van der Waals surface area contributed by atoms with E-state index in [0.717, 1.165) is 13.6 Å². The summed E-state index contributed by atoms with van der Waals surface area (Å²) in [4.78, 5) is 5.06. The lowest BCUT2D eigenvalue weighted by Crippen LogP contribution is -2.20. The monoisotopic (exact) mass is 547 g/mol. The fraction of sp³-hybridized carbons (Fsp3) is 0.133. The summed E-state index contributed by atoms with van der Waals surface area (Å²) in [6.07, 6.45) is -0.0473. The second-order valence-electron chi connectivity index (χ2n) is 4.92. The zero-order valence-corrected chi connectivity index (χ0v) is 17.2. The third-order valence-electron chi connectivity index (χ3n) is 3.36. The largest absolute Gasteiger partial charge is 0.350 e. The van der Waals surface area contributed by atoms with Crippen LogP contribution in [0.15, 0.2) is 40.0 Å². The summed E-state index contributed by atoms with van der Waals surface area (Å²) < 4.78 is 17.1. The van der Waals surface area contributed by atoms with E-state index in [2.05, 4.69) is 43.7 Å². The second kappa shape index (κ2) is 6.67. The van der Waals surface area contributed by atoms with Gasteiger partial charge in [-0.05, 0) is 62.8 Å². The van der Waals surface area contributed by atoms with E-state index in [1.54, 1.807) is 0 Å². The number of halogens is 6. The second-order valence-corrected chi connectivity index (χ2v) is 8.13. The summed E-state index contributed by atoms with van der Waals surface area (Å²) in [7, 11) is 0. The minimum Gasteiger partial charge on any atom is -0.350 e. The van der Waals surface area contributed by atoms with Crippen LogP contribution in [0.5, 0.6) is 0 Å². The molecule has 0 saturated heterocycles. The van der Waals surface area contributed by atoms with Gasteiger partial charge >= 0.3 is 5.85 Å². The Morgan fingerprint density at radius 2 is 1.83 bits per heavy atom. The molecule has 0 radical (unpaired) electrons. The van der Waals surface area contributed by atoms with Crippen LogP contribution < -0.4 is 0 Å². The number of nitrogens with zero attached hydrogens (tertiary/aromatic N) is 1. The zero-order valence-electron chi connectivity index (χ0n) is 11.2. The molecule has 2 nitrogen and oxygen atoms in total. The highest BCUT2D eigenvalue weighted by Gasteiger charge is 2.42. The minimum absolute atomic E-state index is 0.0473. The summed E-state index contributed by atoms with van der Waals surface area (Å²) in [6.45, 7) is 0. The zero-order chi connectivity index (χ0) is 16.8. The van der Waals surface area contributed by atoms with Crippen molar-refractivity contribution in [3.05, 3.63) is 64.6 Å². The van der Waals surface area contributed by atoms with Crippen molar-refractivity contribution in [2.24, 2.45) is 5.16 Å². The summed E-state index contributed by atoms with van der Waals surface area (Å²) >= 11 is 23.5. The topological polar surface area (TPSA) is 21.6 Å². The van der Waals surface area contributed by atoms with Crippen molar-refractivity contribution >= 4 is 79.0 Å². The van der Waals surface area contributed by atoms with Gasteiger partial charge in [-0.1, -0.05) is 46.0 Å². The molecule has 1 heterocycles. The van der Waals surface area contributed by atoms with E-state index in [-0.39, 0.29) is 27.1 Å². The van der Waals surface area contributed by atoms with Gasteiger partial charge in [0.2, 0.25) is 0 Å². The number of benzene rings is 2. The highest BCUT2D eigenvalue weighted by atomic mass is 127. The lowest BCUT2D eigenvalue weighted by molar-refractivity contribution is -0.130.